The fraction of sp³-hybridized carbons (Fsp3) is 0.353. The summed E-state index contributed by atoms with van der Waals surface area (Å²) in [5.74, 6) is 0. The Kier molecular flexibility index (Phi) is 3.80. The third-order valence-electron chi connectivity index (χ3n) is 3.84. The lowest BCUT2D eigenvalue weighted by Gasteiger charge is -2.01. The van der Waals surface area contributed by atoms with Crippen molar-refractivity contribution in [1.29, 1.82) is 0 Å². The Hall–Kier alpha value is -2.07. The van der Waals surface area contributed by atoms with Crippen LogP contribution in [-0.4, -0.2) is 18.2 Å². The van der Waals surface area contributed by atoms with Crippen LogP contribution in [-0.2, 0) is 11.2 Å². The van der Waals surface area contributed by atoms with Gasteiger partial charge in [0.2, 0.25) is 0 Å². The molecule has 0 bridgehead atoms. The maximum atomic E-state index is 12.2. The number of para-hydroxylation sites is 1. The highest BCUT2D eigenvalue weighted by Crippen LogP contribution is 2.26. The predicted molar refractivity (Wildman–Crippen MR) is 83.9 cm³/mol. The molecule has 0 aliphatic rings. The zero-order chi connectivity index (χ0) is 14.8. The van der Waals surface area contributed by atoms with Crippen LogP contribution in [0.2, 0.25) is 0 Å². The average Bonchev–Trinajstić information content (AvgIpc) is 2.82. The van der Waals surface area contributed by atoms with Gasteiger partial charge in [-0.2, -0.15) is 0 Å². The van der Waals surface area contributed by atoms with Gasteiger partial charge in [0, 0.05) is 24.3 Å². The molecule has 4 heteroatoms. The van der Waals surface area contributed by atoms with Crippen molar-refractivity contribution in [3.8, 4) is 0 Å². The fourth-order valence-corrected chi connectivity index (χ4v) is 2.76. The molecule has 0 spiro atoms. The highest BCUT2D eigenvalue weighted by atomic mass is 16.5. The summed E-state index contributed by atoms with van der Waals surface area (Å²) in [6.45, 7) is 5.44. The highest BCUT2D eigenvalue weighted by molar-refractivity contribution is 6.03. The molecule has 3 rings (SSSR count). The second kappa shape index (κ2) is 5.74. The maximum Gasteiger partial charge on any atom is 0.346 e. The molecule has 0 fully saturated rings. The minimum atomic E-state index is -0.270. The van der Waals surface area contributed by atoms with Crippen molar-refractivity contribution in [3.63, 3.8) is 0 Å². The Morgan fingerprint density at radius 1 is 1.29 bits per heavy atom. The van der Waals surface area contributed by atoms with E-state index in [0.717, 1.165) is 48.2 Å². The standard InChI is InChI=1S/C17H19NO3/c1-3-20-10-6-8-13-11(2)15-16(18-13)12-7-4-5-9-14(12)21-17(15)19/h4-5,7,9,18H,3,6,8,10H2,1-2H3. The summed E-state index contributed by atoms with van der Waals surface area (Å²) in [7, 11) is 0. The van der Waals surface area contributed by atoms with Gasteiger partial charge in [0.1, 0.15) is 5.58 Å². The first-order valence-electron chi connectivity index (χ1n) is 7.33. The van der Waals surface area contributed by atoms with E-state index in [1.807, 2.05) is 38.1 Å². The lowest BCUT2D eigenvalue weighted by Crippen LogP contribution is -2.00. The molecule has 0 radical (unpaired) electrons. The molecule has 21 heavy (non-hydrogen) atoms. The number of rotatable bonds is 5. The van der Waals surface area contributed by atoms with Crippen LogP contribution in [0.15, 0.2) is 33.5 Å². The van der Waals surface area contributed by atoms with E-state index in [1.165, 1.54) is 0 Å². The zero-order valence-electron chi connectivity index (χ0n) is 12.4. The molecule has 110 valence electrons. The van der Waals surface area contributed by atoms with Crippen molar-refractivity contribution >= 4 is 21.9 Å². The van der Waals surface area contributed by atoms with Crippen LogP contribution in [0.25, 0.3) is 21.9 Å². The molecule has 0 saturated heterocycles. The van der Waals surface area contributed by atoms with E-state index in [9.17, 15) is 4.79 Å². The van der Waals surface area contributed by atoms with Gasteiger partial charge in [-0.25, -0.2) is 4.79 Å². The highest BCUT2D eigenvalue weighted by Gasteiger charge is 2.15. The zero-order valence-corrected chi connectivity index (χ0v) is 12.4. The monoisotopic (exact) mass is 285 g/mol. The number of fused-ring (bicyclic) bond motifs is 3. The van der Waals surface area contributed by atoms with Crippen molar-refractivity contribution in [2.75, 3.05) is 13.2 Å². The second-order valence-electron chi connectivity index (χ2n) is 5.16. The van der Waals surface area contributed by atoms with Crippen molar-refractivity contribution in [3.05, 3.63) is 45.9 Å². The van der Waals surface area contributed by atoms with Gasteiger partial charge in [-0.1, -0.05) is 12.1 Å². The van der Waals surface area contributed by atoms with Crippen LogP contribution in [0.4, 0.5) is 0 Å². The molecular formula is C17H19NO3. The Balaban J connectivity index is 2.08. The third-order valence-corrected chi connectivity index (χ3v) is 3.84. The molecule has 0 unspecified atom stereocenters. The largest absolute Gasteiger partial charge is 0.422 e. The van der Waals surface area contributed by atoms with Crippen molar-refractivity contribution in [2.24, 2.45) is 0 Å². The number of benzene rings is 1. The molecule has 0 saturated carbocycles. The van der Waals surface area contributed by atoms with E-state index in [0.29, 0.717) is 11.0 Å². The number of hydrogen-bond acceptors (Lipinski definition) is 3. The number of H-pyrrole nitrogens is 1. The topological polar surface area (TPSA) is 55.2 Å². The molecule has 0 aliphatic heterocycles. The normalized spacial score (nSPS) is 11.5. The number of aromatic nitrogens is 1. The third kappa shape index (κ3) is 2.47. The van der Waals surface area contributed by atoms with Crippen LogP contribution in [0, 0.1) is 6.92 Å². The molecule has 0 atom stereocenters. The molecule has 0 amide bonds. The summed E-state index contributed by atoms with van der Waals surface area (Å²) >= 11 is 0. The van der Waals surface area contributed by atoms with Crippen molar-refractivity contribution in [1.82, 2.24) is 4.98 Å². The van der Waals surface area contributed by atoms with Gasteiger partial charge in [-0.3, -0.25) is 0 Å². The Morgan fingerprint density at radius 2 is 2.10 bits per heavy atom. The molecule has 3 aromatic rings. The summed E-state index contributed by atoms with van der Waals surface area (Å²) in [5, 5.41) is 1.62. The lowest BCUT2D eigenvalue weighted by molar-refractivity contribution is 0.145. The number of nitrogens with one attached hydrogen (secondary N) is 1. The van der Waals surface area contributed by atoms with E-state index in [1.54, 1.807) is 0 Å². The first-order valence-corrected chi connectivity index (χ1v) is 7.33. The van der Waals surface area contributed by atoms with Crippen LogP contribution in [0.5, 0.6) is 0 Å². The predicted octanol–water partition coefficient (Wildman–Crippen LogP) is 3.55. The molecule has 1 N–H and O–H groups in total. The summed E-state index contributed by atoms with van der Waals surface area (Å²) in [4.78, 5) is 15.6. The fourth-order valence-electron chi connectivity index (χ4n) is 2.76. The molecule has 0 aliphatic carbocycles. The molecular weight excluding hydrogens is 266 g/mol. The molecule has 4 nitrogen and oxygen atoms in total. The SMILES string of the molecule is CCOCCCc1[nH]c2c(c1C)c(=O)oc1ccccc12. The Morgan fingerprint density at radius 3 is 2.90 bits per heavy atom. The Labute approximate surface area is 122 Å². The molecule has 2 aromatic heterocycles. The second-order valence-corrected chi connectivity index (χ2v) is 5.16. The van der Waals surface area contributed by atoms with Gasteiger partial charge >= 0.3 is 5.63 Å². The minimum absolute atomic E-state index is 0.270. The summed E-state index contributed by atoms with van der Waals surface area (Å²) < 4.78 is 10.8. The number of hydrogen-bond donors (Lipinski definition) is 1. The quantitative estimate of drug-likeness (QED) is 0.576. The van der Waals surface area contributed by atoms with Crippen molar-refractivity contribution < 1.29 is 9.15 Å². The van der Waals surface area contributed by atoms with Gasteiger partial charge < -0.3 is 14.1 Å². The summed E-state index contributed by atoms with van der Waals surface area (Å²) in [6.07, 6.45) is 1.80. The first kappa shape index (κ1) is 13.9. The van der Waals surface area contributed by atoms with E-state index in [2.05, 4.69) is 4.98 Å². The van der Waals surface area contributed by atoms with Gasteiger partial charge in [0.15, 0.2) is 0 Å². The Bertz CT molecular complexity index is 829. The van der Waals surface area contributed by atoms with Gasteiger partial charge in [0.25, 0.3) is 0 Å². The number of aromatic amines is 1. The van der Waals surface area contributed by atoms with E-state index < -0.39 is 0 Å². The van der Waals surface area contributed by atoms with E-state index in [4.69, 9.17) is 9.15 Å². The van der Waals surface area contributed by atoms with Gasteiger partial charge in [-0.15, -0.1) is 0 Å². The van der Waals surface area contributed by atoms with Gasteiger partial charge in [0.05, 0.1) is 10.9 Å². The number of aryl methyl sites for hydroxylation is 2. The molecule has 1 aromatic carbocycles. The van der Waals surface area contributed by atoms with Crippen LogP contribution < -0.4 is 5.63 Å². The van der Waals surface area contributed by atoms with Crippen LogP contribution in [0.3, 0.4) is 0 Å². The van der Waals surface area contributed by atoms with E-state index in [-0.39, 0.29) is 5.63 Å². The average molecular weight is 285 g/mol. The lowest BCUT2D eigenvalue weighted by atomic mass is 10.1. The number of ether oxygens (including phenoxy) is 1. The molecule has 2 heterocycles. The smallest absolute Gasteiger partial charge is 0.346 e. The van der Waals surface area contributed by atoms with Crippen molar-refractivity contribution in [2.45, 2.75) is 26.7 Å². The van der Waals surface area contributed by atoms with Crippen LogP contribution >= 0.6 is 0 Å². The first-order chi connectivity index (χ1) is 10.2. The van der Waals surface area contributed by atoms with E-state index >= 15 is 0 Å². The van der Waals surface area contributed by atoms with Crippen LogP contribution in [0.1, 0.15) is 24.6 Å². The summed E-state index contributed by atoms with van der Waals surface area (Å²) in [5.41, 5.74) is 3.31. The maximum absolute atomic E-state index is 12.2. The summed E-state index contributed by atoms with van der Waals surface area (Å²) in [6, 6.07) is 7.62. The van der Waals surface area contributed by atoms with Gasteiger partial charge in [-0.05, 0) is 44.4 Å². The minimum Gasteiger partial charge on any atom is -0.422 e.